The molecular formula is C14H19N3O2. The largest absolute Gasteiger partial charge is 0.343 e. The van der Waals surface area contributed by atoms with Gasteiger partial charge in [-0.15, -0.1) is 0 Å². The number of amides is 2. The molecule has 1 atom stereocenters. The Bertz CT molecular complexity index is 447. The predicted octanol–water partition coefficient (Wildman–Crippen LogP) is 0.237. The van der Waals surface area contributed by atoms with Crippen LogP contribution in [0.1, 0.15) is 17.3 Å². The molecule has 0 unspecified atom stereocenters. The fraction of sp³-hybridized carbons (Fsp3) is 0.429. The summed E-state index contributed by atoms with van der Waals surface area (Å²) in [6.07, 6.45) is 0. The molecule has 5 nitrogen and oxygen atoms in total. The van der Waals surface area contributed by atoms with Crippen LogP contribution in [0.5, 0.6) is 0 Å². The van der Waals surface area contributed by atoms with Crippen molar-refractivity contribution in [3.05, 3.63) is 35.9 Å². The summed E-state index contributed by atoms with van der Waals surface area (Å²) in [4.78, 5) is 25.5. The van der Waals surface area contributed by atoms with E-state index in [1.165, 1.54) is 0 Å². The quantitative estimate of drug-likeness (QED) is 0.819. The van der Waals surface area contributed by atoms with Gasteiger partial charge in [-0.1, -0.05) is 18.2 Å². The van der Waals surface area contributed by atoms with E-state index in [1.54, 1.807) is 29.2 Å². The second-order valence-electron chi connectivity index (χ2n) is 4.74. The summed E-state index contributed by atoms with van der Waals surface area (Å²) in [6, 6.07) is 9.22. The van der Waals surface area contributed by atoms with Gasteiger partial charge in [0.1, 0.15) is 0 Å². The maximum atomic E-state index is 12.0. The van der Waals surface area contributed by atoms with Gasteiger partial charge in [0, 0.05) is 31.2 Å². The van der Waals surface area contributed by atoms with Gasteiger partial charge in [-0.2, -0.15) is 0 Å². The highest BCUT2D eigenvalue weighted by Gasteiger charge is 2.20. The summed E-state index contributed by atoms with van der Waals surface area (Å²) in [5.41, 5.74) is 0.573. The summed E-state index contributed by atoms with van der Waals surface area (Å²) in [7, 11) is 0. The van der Waals surface area contributed by atoms with Crippen molar-refractivity contribution in [2.45, 2.75) is 13.0 Å². The third-order valence-electron chi connectivity index (χ3n) is 3.16. The zero-order chi connectivity index (χ0) is 13.7. The van der Waals surface area contributed by atoms with Crippen LogP contribution in [0.3, 0.4) is 0 Å². The van der Waals surface area contributed by atoms with E-state index in [0.29, 0.717) is 24.7 Å². The zero-order valence-corrected chi connectivity index (χ0v) is 11.1. The van der Waals surface area contributed by atoms with Crippen LogP contribution in [-0.2, 0) is 4.79 Å². The Morgan fingerprint density at radius 2 is 2.11 bits per heavy atom. The zero-order valence-electron chi connectivity index (χ0n) is 11.1. The molecule has 19 heavy (non-hydrogen) atoms. The number of nitrogens with one attached hydrogen (secondary N) is 2. The molecule has 0 aromatic heterocycles. The van der Waals surface area contributed by atoms with Crippen LogP contribution < -0.4 is 10.6 Å². The van der Waals surface area contributed by atoms with Gasteiger partial charge in [0.2, 0.25) is 5.91 Å². The normalized spacial score (nSPS) is 19.0. The molecule has 0 radical (unpaired) electrons. The number of carbonyl (C=O) groups is 2. The molecule has 0 aliphatic carbocycles. The molecule has 1 heterocycles. The summed E-state index contributed by atoms with van der Waals surface area (Å²) in [6.45, 7) is 4.30. The Morgan fingerprint density at radius 1 is 1.37 bits per heavy atom. The number of hydrogen-bond donors (Lipinski definition) is 2. The van der Waals surface area contributed by atoms with E-state index in [1.807, 2.05) is 13.0 Å². The van der Waals surface area contributed by atoms with Crippen LogP contribution in [-0.4, -0.2) is 48.9 Å². The topological polar surface area (TPSA) is 61.4 Å². The maximum Gasteiger partial charge on any atom is 0.251 e. The lowest BCUT2D eigenvalue weighted by Gasteiger charge is -2.31. The van der Waals surface area contributed by atoms with E-state index in [-0.39, 0.29) is 18.4 Å². The van der Waals surface area contributed by atoms with Crippen LogP contribution in [0.25, 0.3) is 0 Å². The van der Waals surface area contributed by atoms with E-state index >= 15 is 0 Å². The highest BCUT2D eigenvalue weighted by molar-refractivity contribution is 5.96. The second-order valence-corrected chi connectivity index (χ2v) is 4.74. The summed E-state index contributed by atoms with van der Waals surface area (Å²) in [5, 5.41) is 5.94. The maximum absolute atomic E-state index is 12.0. The molecule has 2 amide bonds. The monoisotopic (exact) mass is 261 g/mol. The van der Waals surface area contributed by atoms with Crippen LogP contribution in [0, 0.1) is 0 Å². The van der Waals surface area contributed by atoms with E-state index in [2.05, 4.69) is 10.6 Å². The molecule has 0 spiro atoms. The third kappa shape index (κ3) is 3.79. The first-order valence-electron chi connectivity index (χ1n) is 6.51. The SMILES string of the molecule is C[C@@H]1CN(C(=O)CNC(=O)c2ccccc2)CCN1. The number of benzene rings is 1. The molecule has 5 heteroatoms. The van der Waals surface area contributed by atoms with E-state index in [4.69, 9.17) is 0 Å². The molecular weight excluding hydrogens is 242 g/mol. The minimum atomic E-state index is -0.211. The molecule has 1 aliphatic heterocycles. The lowest BCUT2D eigenvalue weighted by molar-refractivity contribution is -0.131. The van der Waals surface area contributed by atoms with E-state index in [9.17, 15) is 9.59 Å². The third-order valence-corrected chi connectivity index (χ3v) is 3.16. The minimum Gasteiger partial charge on any atom is -0.343 e. The summed E-state index contributed by atoms with van der Waals surface area (Å²) in [5.74, 6) is -0.241. The Kier molecular flexibility index (Phi) is 4.52. The lowest BCUT2D eigenvalue weighted by Crippen LogP contribution is -2.53. The van der Waals surface area contributed by atoms with Crippen LogP contribution >= 0.6 is 0 Å². The average Bonchev–Trinajstić information content (AvgIpc) is 2.45. The molecule has 1 aromatic rings. The standard InChI is InChI=1S/C14H19N3O2/c1-11-10-17(8-7-15-11)13(18)9-16-14(19)12-5-3-2-4-6-12/h2-6,11,15H,7-10H2,1H3,(H,16,19)/t11-/m1/s1. The Labute approximate surface area is 113 Å². The van der Waals surface area contributed by atoms with Gasteiger partial charge in [0.25, 0.3) is 5.91 Å². The van der Waals surface area contributed by atoms with Crippen LogP contribution in [0.15, 0.2) is 30.3 Å². The van der Waals surface area contributed by atoms with Crippen molar-refractivity contribution in [3.63, 3.8) is 0 Å². The van der Waals surface area contributed by atoms with Crippen molar-refractivity contribution in [3.8, 4) is 0 Å². The first kappa shape index (κ1) is 13.5. The van der Waals surface area contributed by atoms with Crippen molar-refractivity contribution < 1.29 is 9.59 Å². The molecule has 0 saturated carbocycles. The van der Waals surface area contributed by atoms with Crippen molar-refractivity contribution in [2.24, 2.45) is 0 Å². The number of rotatable bonds is 3. The summed E-state index contributed by atoms with van der Waals surface area (Å²) >= 11 is 0. The molecule has 1 saturated heterocycles. The van der Waals surface area contributed by atoms with Gasteiger partial charge in [0.15, 0.2) is 0 Å². The Balaban J connectivity index is 1.82. The smallest absolute Gasteiger partial charge is 0.251 e. The minimum absolute atomic E-state index is 0.0300. The Hall–Kier alpha value is -1.88. The van der Waals surface area contributed by atoms with Gasteiger partial charge in [-0.05, 0) is 19.1 Å². The predicted molar refractivity (Wildman–Crippen MR) is 72.8 cm³/mol. The van der Waals surface area contributed by atoms with Crippen molar-refractivity contribution >= 4 is 11.8 Å². The van der Waals surface area contributed by atoms with Crippen molar-refractivity contribution in [1.29, 1.82) is 0 Å². The van der Waals surface area contributed by atoms with E-state index in [0.717, 1.165) is 6.54 Å². The van der Waals surface area contributed by atoms with Gasteiger partial charge in [0.05, 0.1) is 6.54 Å². The van der Waals surface area contributed by atoms with Crippen LogP contribution in [0.2, 0.25) is 0 Å². The molecule has 102 valence electrons. The first-order chi connectivity index (χ1) is 9.16. The molecule has 2 N–H and O–H groups in total. The number of hydrogen-bond acceptors (Lipinski definition) is 3. The fourth-order valence-electron chi connectivity index (χ4n) is 2.12. The number of nitrogens with zero attached hydrogens (tertiary/aromatic N) is 1. The van der Waals surface area contributed by atoms with Crippen LogP contribution in [0.4, 0.5) is 0 Å². The van der Waals surface area contributed by atoms with Crippen molar-refractivity contribution in [2.75, 3.05) is 26.2 Å². The van der Waals surface area contributed by atoms with E-state index < -0.39 is 0 Å². The van der Waals surface area contributed by atoms with Gasteiger partial charge < -0.3 is 15.5 Å². The highest BCUT2D eigenvalue weighted by atomic mass is 16.2. The fourth-order valence-corrected chi connectivity index (χ4v) is 2.12. The number of piperazine rings is 1. The molecule has 1 aromatic carbocycles. The molecule has 2 rings (SSSR count). The first-order valence-corrected chi connectivity index (χ1v) is 6.51. The molecule has 1 fully saturated rings. The second kappa shape index (κ2) is 6.33. The van der Waals surface area contributed by atoms with Gasteiger partial charge in [-0.25, -0.2) is 0 Å². The average molecular weight is 261 g/mol. The lowest BCUT2D eigenvalue weighted by atomic mass is 10.2. The van der Waals surface area contributed by atoms with Gasteiger partial charge in [-0.3, -0.25) is 9.59 Å². The van der Waals surface area contributed by atoms with Gasteiger partial charge >= 0.3 is 0 Å². The molecule has 0 bridgehead atoms. The summed E-state index contributed by atoms with van der Waals surface area (Å²) < 4.78 is 0. The molecule has 1 aliphatic rings. The number of carbonyl (C=O) groups excluding carboxylic acids is 2. The Morgan fingerprint density at radius 3 is 2.79 bits per heavy atom. The highest BCUT2D eigenvalue weighted by Crippen LogP contribution is 2.00. The van der Waals surface area contributed by atoms with Crippen molar-refractivity contribution in [1.82, 2.24) is 15.5 Å².